The smallest absolute Gasteiger partial charge is 0.317 e. The average Bonchev–Trinajstić information content (AvgIpc) is 2.68. The molecule has 0 aromatic carbocycles. The molecule has 0 aromatic rings. The first-order chi connectivity index (χ1) is 14.7. The average molecular weight is 449 g/mol. The predicted molar refractivity (Wildman–Crippen MR) is 111 cm³/mol. The molecule has 31 heavy (non-hydrogen) atoms. The highest BCUT2D eigenvalue weighted by Crippen LogP contribution is 2.12. The summed E-state index contributed by atoms with van der Waals surface area (Å²) in [6, 6.07) is -0.352. The maximum Gasteiger partial charge on any atom is 0.317 e. The Bertz CT molecular complexity index is 547. The largest absolute Gasteiger partial charge is 0.480 e. The Labute approximate surface area is 182 Å². The van der Waals surface area contributed by atoms with E-state index in [1.165, 1.54) is 0 Å². The summed E-state index contributed by atoms with van der Waals surface area (Å²) in [5.41, 5.74) is 0. The molecule has 2 atom stereocenters. The van der Waals surface area contributed by atoms with Crippen LogP contribution in [0.1, 0.15) is 6.92 Å². The SMILES string of the molecule is C[C@H](CO)[C@@H](CO)N1CCN(CC(=O)O)CCN(CC(=O)O)CCN(CC(=O)O)CC1. The van der Waals surface area contributed by atoms with Gasteiger partial charge in [-0.05, 0) is 5.92 Å². The lowest BCUT2D eigenvalue weighted by Gasteiger charge is -2.38. The minimum atomic E-state index is -1.00. The minimum Gasteiger partial charge on any atom is -0.480 e. The third-order valence-electron chi connectivity index (χ3n) is 5.55. The van der Waals surface area contributed by atoms with Crippen molar-refractivity contribution in [2.75, 3.05) is 85.2 Å². The Morgan fingerprint density at radius 3 is 1.23 bits per heavy atom. The first kappa shape index (κ1) is 27.2. The molecule has 0 bridgehead atoms. The maximum atomic E-state index is 11.3. The van der Waals surface area contributed by atoms with Gasteiger partial charge < -0.3 is 25.5 Å². The zero-order valence-corrected chi connectivity index (χ0v) is 18.1. The van der Waals surface area contributed by atoms with E-state index in [-0.39, 0.29) is 44.8 Å². The lowest BCUT2D eigenvalue weighted by atomic mass is 10.0. The van der Waals surface area contributed by atoms with Gasteiger partial charge in [-0.2, -0.15) is 0 Å². The van der Waals surface area contributed by atoms with Gasteiger partial charge in [0.1, 0.15) is 0 Å². The summed E-state index contributed by atoms with van der Waals surface area (Å²) in [5.74, 6) is -3.20. The Morgan fingerprint density at radius 2 is 0.968 bits per heavy atom. The van der Waals surface area contributed by atoms with Gasteiger partial charge in [-0.15, -0.1) is 0 Å². The normalized spacial score (nSPS) is 21.0. The molecule has 0 saturated carbocycles. The quantitative estimate of drug-likeness (QED) is 0.238. The van der Waals surface area contributed by atoms with Crippen molar-refractivity contribution < 1.29 is 39.9 Å². The monoisotopic (exact) mass is 448 g/mol. The molecule has 180 valence electrons. The van der Waals surface area contributed by atoms with Gasteiger partial charge in [0.15, 0.2) is 0 Å². The molecule has 1 rings (SSSR count). The summed E-state index contributed by atoms with van der Waals surface area (Å²) in [4.78, 5) is 40.8. The van der Waals surface area contributed by atoms with Crippen molar-refractivity contribution in [1.29, 1.82) is 0 Å². The highest BCUT2D eigenvalue weighted by Gasteiger charge is 2.26. The zero-order valence-electron chi connectivity index (χ0n) is 18.1. The van der Waals surface area contributed by atoms with Crippen molar-refractivity contribution in [3.05, 3.63) is 0 Å². The van der Waals surface area contributed by atoms with E-state index in [1.807, 2.05) is 11.8 Å². The number of aliphatic carboxylic acids is 3. The van der Waals surface area contributed by atoms with E-state index < -0.39 is 17.9 Å². The molecule has 0 radical (unpaired) electrons. The summed E-state index contributed by atoms with van der Waals surface area (Å²) in [7, 11) is 0. The number of aliphatic hydroxyl groups excluding tert-OH is 2. The third-order valence-corrected chi connectivity index (χ3v) is 5.55. The Kier molecular flexibility index (Phi) is 12.5. The van der Waals surface area contributed by atoms with E-state index in [4.69, 9.17) is 5.11 Å². The maximum absolute atomic E-state index is 11.3. The Morgan fingerprint density at radius 1 is 0.645 bits per heavy atom. The first-order valence-electron chi connectivity index (χ1n) is 10.4. The number of carboxylic acid groups (broad SMARTS) is 3. The second-order valence-electron chi connectivity index (χ2n) is 7.96. The van der Waals surface area contributed by atoms with Crippen LogP contribution >= 0.6 is 0 Å². The molecule has 0 aliphatic carbocycles. The van der Waals surface area contributed by atoms with Gasteiger partial charge in [0.2, 0.25) is 0 Å². The molecule has 1 aliphatic heterocycles. The van der Waals surface area contributed by atoms with E-state index >= 15 is 0 Å². The van der Waals surface area contributed by atoms with Gasteiger partial charge in [0.25, 0.3) is 0 Å². The number of aliphatic hydroxyl groups is 2. The molecule has 0 spiro atoms. The fourth-order valence-corrected chi connectivity index (χ4v) is 3.71. The fraction of sp³-hybridized carbons (Fsp3) is 0.842. The van der Waals surface area contributed by atoms with Crippen LogP contribution in [0.15, 0.2) is 0 Å². The number of hydrogen-bond donors (Lipinski definition) is 5. The molecule has 0 unspecified atom stereocenters. The predicted octanol–water partition coefficient (Wildman–Crippen LogP) is -2.55. The molecule has 1 aliphatic rings. The number of carboxylic acids is 3. The third kappa shape index (κ3) is 10.8. The number of hydrogen-bond acceptors (Lipinski definition) is 9. The van der Waals surface area contributed by atoms with Gasteiger partial charge in [-0.25, -0.2) is 0 Å². The summed E-state index contributed by atoms with van der Waals surface area (Å²) < 4.78 is 0. The number of carbonyl (C=O) groups is 3. The summed E-state index contributed by atoms with van der Waals surface area (Å²) in [6.45, 7) is 3.83. The van der Waals surface area contributed by atoms with E-state index in [1.54, 1.807) is 14.7 Å². The van der Waals surface area contributed by atoms with Crippen molar-refractivity contribution in [3.8, 4) is 0 Å². The lowest BCUT2D eigenvalue weighted by Crippen LogP contribution is -2.52. The molecule has 1 fully saturated rings. The molecular weight excluding hydrogens is 412 g/mol. The number of nitrogens with zero attached hydrogens (tertiary/aromatic N) is 4. The minimum absolute atomic E-state index is 0.121. The second kappa shape index (κ2) is 14.3. The fourth-order valence-electron chi connectivity index (χ4n) is 3.71. The van der Waals surface area contributed by atoms with Gasteiger partial charge in [0.05, 0.1) is 26.2 Å². The van der Waals surface area contributed by atoms with Crippen LogP contribution in [0.2, 0.25) is 0 Å². The van der Waals surface area contributed by atoms with Crippen LogP contribution in [-0.4, -0.2) is 154 Å². The van der Waals surface area contributed by atoms with Crippen molar-refractivity contribution in [2.45, 2.75) is 13.0 Å². The van der Waals surface area contributed by atoms with E-state index in [0.29, 0.717) is 52.4 Å². The summed E-state index contributed by atoms with van der Waals surface area (Å²) in [6.07, 6.45) is 0. The molecule has 5 N–H and O–H groups in total. The molecule has 1 heterocycles. The molecule has 0 amide bonds. The lowest BCUT2D eigenvalue weighted by molar-refractivity contribution is -0.140. The van der Waals surface area contributed by atoms with Crippen LogP contribution in [0.5, 0.6) is 0 Å². The van der Waals surface area contributed by atoms with Gasteiger partial charge >= 0.3 is 17.9 Å². The van der Waals surface area contributed by atoms with Gasteiger partial charge in [0, 0.05) is 65.0 Å². The molecule has 1 saturated heterocycles. The van der Waals surface area contributed by atoms with Crippen LogP contribution in [0.3, 0.4) is 0 Å². The summed E-state index contributed by atoms with van der Waals surface area (Å²) >= 11 is 0. The Hall–Kier alpha value is -1.83. The van der Waals surface area contributed by atoms with E-state index in [2.05, 4.69) is 0 Å². The van der Waals surface area contributed by atoms with Crippen molar-refractivity contribution >= 4 is 17.9 Å². The van der Waals surface area contributed by atoms with Crippen molar-refractivity contribution in [2.24, 2.45) is 5.92 Å². The van der Waals surface area contributed by atoms with Crippen molar-refractivity contribution in [1.82, 2.24) is 19.6 Å². The van der Waals surface area contributed by atoms with Crippen LogP contribution < -0.4 is 0 Å². The van der Waals surface area contributed by atoms with Crippen molar-refractivity contribution in [3.63, 3.8) is 0 Å². The Balaban J connectivity index is 3.05. The standard InChI is InChI=1S/C19H36N4O8/c1-15(13-24)16(14-25)23-8-6-21(11-18(28)29)4-2-20(10-17(26)27)3-5-22(7-9-23)12-19(30)31/h15-16,24-25H,2-14H2,1H3,(H,26,27)(H,28,29)(H,30,31)/t15-,16-/m1/s1. The molecule has 0 aromatic heterocycles. The zero-order chi connectivity index (χ0) is 23.4. The topological polar surface area (TPSA) is 165 Å². The van der Waals surface area contributed by atoms with Crippen LogP contribution in [0, 0.1) is 5.92 Å². The number of rotatable bonds is 10. The summed E-state index contributed by atoms with van der Waals surface area (Å²) in [5, 5.41) is 47.1. The second-order valence-corrected chi connectivity index (χ2v) is 7.96. The van der Waals surface area contributed by atoms with Crippen LogP contribution in [0.25, 0.3) is 0 Å². The van der Waals surface area contributed by atoms with E-state index in [0.717, 1.165) is 0 Å². The molecule has 12 nitrogen and oxygen atoms in total. The first-order valence-corrected chi connectivity index (χ1v) is 10.4. The highest BCUT2D eigenvalue weighted by atomic mass is 16.4. The molecule has 12 heteroatoms. The highest BCUT2D eigenvalue weighted by molar-refractivity contribution is 5.69. The van der Waals surface area contributed by atoms with Gasteiger partial charge in [-0.1, -0.05) is 6.92 Å². The van der Waals surface area contributed by atoms with E-state index in [9.17, 15) is 34.8 Å². The molecular formula is C19H36N4O8. The van der Waals surface area contributed by atoms with Gasteiger partial charge in [-0.3, -0.25) is 34.0 Å². The van der Waals surface area contributed by atoms with Crippen LogP contribution in [0.4, 0.5) is 0 Å². The van der Waals surface area contributed by atoms with Crippen LogP contribution in [-0.2, 0) is 14.4 Å².